The molecule has 1 heterocycles. The zero-order chi connectivity index (χ0) is 18.8. The normalized spacial score (nSPS) is 16.0. The van der Waals surface area contributed by atoms with Gasteiger partial charge in [0.15, 0.2) is 11.5 Å². The summed E-state index contributed by atoms with van der Waals surface area (Å²) in [5.41, 5.74) is 2.19. The molecule has 0 fully saturated rings. The summed E-state index contributed by atoms with van der Waals surface area (Å²) in [5, 5.41) is 15.4. The zero-order valence-corrected chi connectivity index (χ0v) is 15.8. The molecule has 0 aliphatic carbocycles. The van der Waals surface area contributed by atoms with E-state index >= 15 is 0 Å². The van der Waals surface area contributed by atoms with E-state index in [0.717, 1.165) is 10.0 Å². The molecule has 2 aromatic carbocycles. The molecular formula is C19H17BrN2O4. The molecule has 134 valence electrons. The molecule has 1 unspecified atom stereocenters. The molecule has 0 saturated heterocycles. The molecule has 6 nitrogen and oxygen atoms in total. The minimum absolute atomic E-state index is 0.0431. The highest BCUT2D eigenvalue weighted by molar-refractivity contribution is 9.10. The first-order chi connectivity index (χ1) is 12.4. The number of ether oxygens (including phenoxy) is 1. The van der Waals surface area contributed by atoms with E-state index in [1.54, 1.807) is 36.5 Å². The monoisotopic (exact) mass is 416 g/mol. The molecule has 3 N–H and O–H groups in total. The maximum Gasteiger partial charge on any atom is 0.260 e. The van der Waals surface area contributed by atoms with Crippen molar-refractivity contribution in [3.63, 3.8) is 0 Å². The third-order valence-electron chi connectivity index (χ3n) is 4.17. The highest BCUT2D eigenvalue weighted by atomic mass is 79.9. The van der Waals surface area contributed by atoms with Crippen LogP contribution in [0.4, 0.5) is 0 Å². The highest BCUT2D eigenvalue weighted by Crippen LogP contribution is 2.30. The number of carbonyl (C=O) groups excluding carboxylic acids is 2. The second-order valence-electron chi connectivity index (χ2n) is 5.85. The van der Waals surface area contributed by atoms with Gasteiger partial charge in [-0.2, -0.15) is 0 Å². The summed E-state index contributed by atoms with van der Waals surface area (Å²) >= 11 is 3.37. The van der Waals surface area contributed by atoms with Gasteiger partial charge >= 0.3 is 0 Å². The van der Waals surface area contributed by atoms with Crippen LogP contribution in [0.3, 0.4) is 0 Å². The summed E-state index contributed by atoms with van der Waals surface area (Å²) in [6, 6.07) is 10.1. The van der Waals surface area contributed by atoms with Gasteiger partial charge in [-0.25, -0.2) is 0 Å². The Morgan fingerprint density at radius 2 is 1.92 bits per heavy atom. The Kier molecular flexibility index (Phi) is 4.99. The van der Waals surface area contributed by atoms with Crippen LogP contribution in [0.15, 0.2) is 47.1 Å². The van der Waals surface area contributed by atoms with Crippen molar-refractivity contribution in [3.8, 4) is 11.5 Å². The van der Waals surface area contributed by atoms with Crippen molar-refractivity contribution in [2.45, 2.75) is 13.0 Å². The number of fused-ring (bicyclic) bond motifs is 1. The van der Waals surface area contributed by atoms with Crippen molar-refractivity contribution in [2.75, 3.05) is 7.11 Å². The van der Waals surface area contributed by atoms with E-state index in [-0.39, 0.29) is 11.8 Å². The molecular weight excluding hydrogens is 400 g/mol. The summed E-state index contributed by atoms with van der Waals surface area (Å²) in [6.07, 6.45) is 1.58. The molecule has 0 spiro atoms. The van der Waals surface area contributed by atoms with Crippen LogP contribution in [-0.2, 0) is 4.79 Å². The molecule has 1 atom stereocenters. The minimum atomic E-state index is -0.460. The standard InChI is InChI=1S/C19H17BrN2O4/c1-10(11-3-6-17(26-2)16(23)7-11)21-9-15-14-8-12(20)4-5-13(14)18(24)22-19(15)25/h3-10,21,23H,1-2H3,(H,22,24,25)/b15-9-. The summed E-state index contributed by atoms with van der Waals surface area (Å²) in [5.74, 6) is -0.439. The van der Waals surface area contributed by atoms with E-state index in [0.29, 0.717) is 22.4 Å². The lowest BCUT2D eigenvalue weighted by Crippen LogP contribution is -2.37. The zero-order valence-electron chi connectivity index (χ0n) is 14.2. The van der Waals surface area contributed by atoms with E-state index < -0.39 is 11.8 Å². The van der Waals surface area contributed by atoms with Crippen LogP contribution < -0.4 is 15.4 Å². The van der Waals surface area contributed by atoms with Gasteiger partial charge in [-0.15, -0.1) is 0 Å². The van der Waals surface area contributed by atoms with Crippen molar-refractivity contribution < 1.29 is 19.4 Å². The van der Waals surface area contributed by atoms with Crippen LogP contribution in [0.25, 0.3) is 5.57 Å². The number of amides is 2. The number of nitrogens with one attached hydrogen (secondary N) is 2. The molecule has 3 rings (SSSR count). The first-order valence-electron chi connectivity index (χ1n) is 7.89. The van der Waals surface area contributed by atoms with Gasteiger partial charge in [0.25, 0.3) is 11.8 Å². The smallest absolute Gasteiger partial charge is 0.260 e. The van der Waals surface area contributed by atoms with Gasteiger partial charge in [-0.05, 0) is 42.8 Å². The molecule has 0 bridgehead atoms. The topological polar surface area (TPSA) is 87.7 Å². The lowest BCUT2D eigenvalue weighted by molar-refractivity contribution is -0.114. The highest BCUT2D eigenvalue weighted by Gasteiger charge is 2.27. The van der Waals surface area contributed by atoms with E-state index in [2.05, 4.69) is 26.6 Å². The van der Waals surface area contributed by atoms with Gasteiger partial charge in [0, 0.05) is 27.8 Å². The number of hydrogen-bond donors (Lipinski definition) is 3. The molecule has 2 amide bonds. The van der Waals surface area contributed by atoms with Gasteiger partial charge in [0.2, 0.25) is 0 Å². The third-order valence-corrected chi connectivity index (χ3v) is 4.66. The molecule has 1 aliphatic heterocycles. The second kappa shape index (κ2) is 7.21. The maximum absolute atomic E-state index is 12.3. The fraction of sp³-hybridized carbons (Fsp3) is 0.158. The molecule has 0 saturated carbocycles. The van der Waals surface area contributed by atoms with Crippen molar-refractivity contribution in [1.29, 1.82) is 0 Å². The van der Waals surface area contributed by atoms with Crippen LogP contribution >= 0.6 is 15.9 Å². The Balaban J connectivity index is 1.89. The predicted molar refractivity (Wildman–Crippen MR) is 101 cm³/mol. The second-order valence-corrected chi connectivity index (χ2v) is 6.77. The molecule has 26 heavy (non-hydrogen) atoms. The lowest BCUT2D eigenvalue weighted by atomic mass is 9.95. The summed E-state index contributed by atoms with van der Waals surface area (Å²) < 4.78 is 5.81. The fourth-order valence-electron chi connectivity index (χ4n) is 2.72. The lowest BCUT2D eigenvalue weighted by Gasteiger charge is -2.20. The first-order valence-corrected chi connectivity index (χ1v) is 8.68. The summed E-state index contributed by atoms with van der Waals surface area (Å²) in [6.45, 7) is 1.89. The Bertz CT molecular complexity index is 924. The largest absolute Gasteiger partial charge is 0.504 e. The van der Waals surface area contributed by atoms with Crippen molar-refractivity contribution in [3.05, 3.63) is 63.8 Å². The van der Waals surface area contributed by atoms with Crippen LogP contribution in [0.2, 0.25) is 0 Å². The van der Waals surface area contributed by atoms with Crippen LogP contribution in [-0.4, -0.2) is 24.0 Å². The van der Waals surface area contributed by atoms with Crippen LogP contribution in [0, 0.1) is 0 Å². The molecule has 2 aromatic rings. The number of rotatable bonds is 4. The Hall–Kier alpha value is -2.80. The molecule has 7 heteroatoms. The van der Waals surface area contributed by atoms with E-state index in [4.69, 9.17) is 4.74 Å². The van der Waals surface area contributed by atoms with Crippen molar-refractivity contribution in [1.82, 2.24) is 10.6 Å². The van der Waals surface area contributed by atoms with Gasteiger partial charge in [-0.1, -0.05) is 22.0 Å². The van der Waals surface area contributed by atoms with Gasteiger partial charge in [0.05, 0.1) is 12.7 Å². The Morgan fingerprint density at radius 3 is 2.62 bits per heavy atom. The minimum Gasteiger partial charge on any atom is -0.504 e. The number of aromatic hydroxyl groups is 1. The number of hydrogen-bond acceptors (Lipinski definition) is 5. The number of benzene rings is 2. The number of phenolic OH excluding ortho intramolecular Hbond substituents is 1. The predicted octanol–water partition coefficient (Wildman–Crippen LogP) is 3.13. The quantitative estimate of drug-likeness (QED) is 0.526. The van der Waals surface area contributed by atoms with E-state index in [9.17, 15) is 14.7 Å². The number of halogens is 1. The number of phenols is 1. The average molecular weight is 417 g/mol. The molecule has 0 radical (unpaired) electrons. The molecule has 0 aromatic heterocycles. The third kappa shape index (κ3) is 3.43. The first kappa shape index (κ1) is 18.0. The van der Waals surface area contributed by atoms with Gasteiger partial charge in [-0.3, -0.25) is 14.9 Å². The summed E-state index contributed by atoms with van der Waals surface area (Å²) in [4.78, 5) is 24.2. The maximum atomic E-state index is 12.3. The SMILES string of the molecule is COc1ccc(C(C)N/C=C2\C(=O)NC(=O)c3ccc(Br)cc32)cc1O. The fourth-order valence-corrected chi connectivity index (χ4v) is 3.08. The van der Waals surface area contributed by atoms with E-state index in [1.807, 2.05) is 13.0 Å². The Labute approximate surface area is 159 Å². The van der Waals surface area contributed by atoms with Crippen molar-refractivity contribution >= 4 is 33.3 Å². The van der Waals surface area contributed by atoms with Gasteiger partial charge in [0.1, 0.15) is 0 Å². The van der Waals surface area contributed by atoms with E-state index in [1.165, 1.54) is 7.11 Å². The number of carbonyl (C=O) groups is 2. The number of imide groups is 1. The van der Waals surface area contributed by atoms with Gasteiger partial charge < -0.3 is 15.2 Å². The Morgan fingerprint density at radius 1 is 1.15 bits per heavy atom. The molecule has 1 aliphatic rings. The van der Waals surface area contributed by atoms with Crippen molar-refractivity contribution in [2.24, 2.45) is 0 Å². The van der Waals surface area contributed by atoms with Crippen LogP contribution in [0.1, 0.15) is 34.5 Å². The van der Waals surface area contributed by atoms with Crippen LogP contribution in [0.5, 0.6) is 11.5 Å². The average Bonchev–Trinajstić information content (AvgIpc) is 2.60. The summed E-state index contributed by atoms with van der Waals surface area (Å²) in [7, 11) is 1.49. The number of methoxy groups -OCH3 is 1.